The van der Waals surface area contributed by atoms with Crippen LogP contribution in [-0.2, 0) is 20.7 Å². The normalized spacial score (nSPS) is 12.1. The number of halogens is 1. The zero-order chi connectivity index (χ0) is 17.8. The van der Waals surface area contributed by atoms with Gasteiger partial charge in [-0.3, -0.25) is 14.0 Å². The van der Waals surface area contributed by atoms with Crippen LogP contribution in [0.1, 0.15) is 24.2 Å². The zero-order valence-electron chi connectivity index (χ0n) is 13.4. The van der Waals surface area contributed by atoms with Gasteiger partial charge in [-0.25, -0.2) is 4.98 Å². The molecular weight excluding hydrogens is 362 g/mol. The van der Waals surface area contributed by atoms with Gasteiger partial charge in [0.05, 0.1) is 18.2 Å². The Balaban J connectivity index is 1.47. The molecule has 0 radical (unpaired) electrons. The van der Waals surface area contributed by atoms with Crippen molar-refractivity contribution < 1.29 is 14.3 Å². The molecule has 0 aliphatic carbocycles. The Morgan fingerprint density at radius 2 is 2.20 bits per heavy atom. The number of carbonyl (C=O) groups excluding carboxylic acids is 2. The molecule has 6 nitrogen and oxygen atoms in total. The van der Waals surface area contributed by atoms with E-state index in [1.54, 1.807) is 12.3 Å². The maximum atomic E-state index is 11.9. The minimum absolute atomic E-state index is 0.0295. The second-order valence-electron chi connectivity index (χ2n) is 5.47. The number of nitrogens with one attached hydrogen (secondary N) is 1. The number of benzene rings is 1. The third kappa shape index (κ3) is 4.37. The fourth-order valence-electron chi connectivity index (χ4n) is 2.39. The van der Waals surface area contributed by atoms with Crippen molar-refractivity contribution >= 4 is 39.8 Å². The van der Waals surface area contributed by atoms with Gasteiger partial charge in [-0.05, 0) is 18.6 Å². The molecular formula is C17H16ClN3O3S. The average Bonchev–Trinajstić information content (AvgIpc) is 3.14. The molecule has 8 heteroatoms. The molecule has 0 fully saturated rings. The Labute approximate surface area is 153 Å². The monoisotopic (exact) mass is 377 g/mol. The lowest BCUT2D eigenvalue weighted by atomic mass is 10.1. The molecule has 0 saturated carbocycles. The summed E-state index contributed by atoms with van der Waals surface area (Å²) < 4.78 is 6.86. The van der Waals surface area contributed by atoms with Gasteiger partial charge >= 0.3 is 5.97 Å². The number of ether oxygens (including phenoxy) is 1. The quantitative estimate of drug-likeness (QED) is 0.670. The first-order valence-corrected chi connectivity index (χ1v) is 8.89. The van der Waals surface area contributed by atoms with Crippen LogP contribution in [0.3, 0.4) is 0 Å². The lowest BCUT2D eigenvalue weighted by Crippen LogP contribution is -2.31. The van der Waals surface area contributed by atoms with Gasteiger partial charge in [-0.15, -0.1) is 11.3 Å². The van der Waals surface area contributed by atoms with E-state index in [1.165, 1.54) is 11.3 Å². The maximum absolute atomic E-state index is 11.9. The average molecular weight is 378 g/mol. The number of nitrogens with zero attached hydrogens (tertiary/aromatic N) is 2. The van der Waals surface area contributed by atoms with Gasteiger partial charge in [-0.1, -0.05) is 29.8 Å². The predicted octanol–water partition coefficient (Wildman–Crippen LogP) is 3.01. The van der Waals surface area contributed by atoms with E-state index >= 15 is 0 Å². The minimum Gasteiger partial charge on any atom is -0.455 e. The van der Waals surface area contributed by atoms with Crippen molar-refractivity contribution in [3.8, 4) is 0 Å². The zero-order valence-corrected chi connectivity index (χ0v) is 15.0. The molecule has 0 saturated heterocycles. The van der Waals surface area contributed by atoms with Crippen molar-refractivity contribution in [3.63, 3.8) is 0 Å². The molecule has 2 aromatic heterocycles. The van der Waals surface area contributed by atoms with Gasteiger partial charge in [0.1, 0.15) is 0 Å². The first-order valence-electron chi connectivity index (χ1n) is 7.63. The van der Waals surface area contributed by atoms with Crippen molar-refractivity contribution in [2.75, 3.05) is 6.61 Å². The first-order chi connectivity index (χ1) is 12.0. The fourth-order valence-corrected chi connectivity index (χ4v) is 3.41. The largest absolute Gasteiger partial charge is 0.455 e. The summed E-state index contributed by atoms with van der Waals surface area (Å²) in [6.07, 6.45) is 3.67. The summed E-state index contributed by atoms with van der Waals surface area (Å²) in [6.45, 7) is 1.48. The molecule has 1 atom stereocenters. The second-order valence-corrected chi connectivity index (χ2v) is 6.75. The topological polar surface area (TPSA) is 72.7 Å². The lowest BCUT2D eigenvalue weighted by molar-refractivity contribution is -0.148. The summed E-state index contributed by atoms with van der Waals surface area (Å²) in [7, 11) is 0. The molecule has 3 aromatic rings. The first kappa shape index (κ1) is 17.4. The van der Waals surface area contributed by atoms with Crippen LogP contribution in [0, 0.1) is 0 Å². The molecule has 1 N–H and O–H groups in total. The van der Waals surface area contributed by atoms with Crippen molar-refractivity contribution in [1.82, 2.24) is 14.7 Å². The SMILES string of the molecule is C[C@@H](NC(=O)COC(=O)Cc1cn2ccsc2n1)c1ccccc1Cl. The van der Waals surface area contributed by atoms with Gasteiger partial charge in [0.2, 0.25) is 0 Å². The number of carbonyl (C=O) groups is 2. The number of thiazole rings is 1. The highest BCUT2D eigenvalue weighted by Crippen LogP contribution is 2.21. The summed E-state index contributed by atoms with van der Waals surface area (Å²) in [5, 5.41) is 5.24. The summed E-state index contributed by atoms with van der Waals surface area (Å²) in [4.78, 5) is 28.9. The predicted molar refractivity (Wildman–Crippen MR) is 95.7 cm³/mol. The molecule has 0 unspecified atom stereocenters. The van der Waals surface area contributed by atoms with E-state index in [4.69, 9.17) is 16.3 Å². The van der Waals surface area contributed by atoms with Crippen molar-refractivity contribution in [1.29, 1.82) is 0 Å². The standard InChI is InChI=1S/C17H16ClN3O3S/c1-11(13-4-2-3-5-14(13)18)19-15(22)10-24-16(23)8-12-9-21-6-7-25-17(21)20-12/h2-7,9,11H,8,10H2,1H3,(H,19,22)/t11-/m1/s1. The number of imidazole rings is 1. The smallest absolute Gasteiger partial charge is 0.312 e. The van der Waals surface area contributed by atoms with Crippen LogP contribution < -0.4 is 5.32 Å². The van der Waals surface area contributed by atoms with Gasteiger partial charge in [0.25, 0.3) is 5.91 Å². The Hall–Kier alpha value is -2.38. The van der Waals surface area contributed by atoms with Crippen LogP contribution in [0.2, 0.25) is 5.02 Å². The van der Waals surface area contributed by atoms with E-state index in [9.17, 15) is 9.59 Å². The molecule has 130 valence electrons. The van der Waals surface area contributed by atoms with Crippen molar-refractivity contribution in [2.45, 2.75) is 19.4 Å². The summed E-state index contributed by atoms with van der Waals surface area (Å²) in [5.74, 6) is -0.877. The van der Waals surface area contributed by atoms with Gasteiger partial charge < -0.3 is 10.1 Å². The van der Waals surface area contributed by atoms with Crippen LogP contribution in [0.15, 0.2) is 42.0 Å². The van der Waals surface area contributed by atoms with Crippen LogP contribution >= 0.6 is 22.9 Å². The van der Waals surface area contributed by atoms with E-state index in [0.29, 0.717) is 10.7 Å². The van der Waals surface area contributed by atoms with E-state index in [0.717, 1.165) is 10.5 Å². The molecule has 1 aromatic carbocycles. The third-order valence-corrected chi connectivity index (χ3v) is 4.70. The molecule has 0 spiro atoms. The third-order valence-electron chi connectivity index (χ3n) is 3.58. The van der Waals surface area contributed by atoms with Crippen LogP contribution in [-0.4, -0.2) is 27.9 Å². The number of amides is 1. The Bertz CT molecular complexity index is 877. The molecule has 1 amide bonds. The molecule has 0 bridgehead atoms. The highest BCUT2D eigenvalue weighted by atomic mass is 35.5. The molecule has 2 heterocycles. The lowest BCUT2D eigenvalue weighted by Gasteiger charge is -2.15. The van der Waals surface area contributed by atoms with Crippen LogP contribution in [0.5, 0.6) is 0 Å². The highest BCUT2D eigenvalue weighted by molar-refractivity contribution is 7.15. The van der Waals surface area contributed by atoms with Crippen molar-refractivity contribution in [2.24, 2.45) is 0 Å². The van der Waals surface area contributed by atoms with Crippen LogP contribution in [0.4, 0.5) is 0 Å². The highest BCUT2D eigenvalue weighted by Gasteiger charge is 2.15. The van der Waals surface area contributed by atoms with Gasteiger partial charge in [-0.2, -0.15) is 0 Å². The van der Waals surface area contributed by atoms with Crippen molar-refractivity contribution in [3.05, 3.63) is 58.3 Å². The van der Waals surface area contributed by atoms with Gasteiger partial charge in [0.15, 0.2) is 11.6 Å². The minimum atomic E-state index is -0.494. The second kappa shape index (κ2) is 7.67. The number of rotatable bonds is 6. The maximum Gasteiger partial charge on any atom is 0.312 e. The molecule has 25 heavy (non-hydrogen) atoms. The molecule has 3 rings (SSSR count). The van der Waals surface area contributed by atoms with E-state index in [1.807, 2.05) is 41.1 Å². The van der Waals surface area contributed by atoms with E-state index < -0.39 is 5.97 Å². The summed E-state index contributed by atoms with van der Waals surface area (Å²) in [6, 6.07) is 6.99. The van der Waals surface area contributed by atoms with E-state index in [2.05, 4.69) is 10.3 Å². The fraction of sp³-hybridized carbons (Fsp3) is 0.235. The Morgan fingerprint density at radius 3 is 2.96 bits per heavy atom. The summed E-state index contributed by atoms with van der Waals surface area (Å²) >= 11 is 7.58. The van der Waals surface area contributed by atoms with E-state index in [-0.39, 0.29) is 25.0 Å². The number of fused-ring (bicyclic) bond motifs is 1. The number of hydrogen-bond acceptors (Lipinski definition) is 5. The number of esters is 1. The number of hydrogen-bond donors (Lipinski definition) is 1. The number of aromatic nitrogens is 2. The molecule has 0 aliphatic heterocycles. The van der Waals surface area contributed by atoms with Gasteiger partial charge in [0, 0.05) is 22.8 Å². The Morgan fingerprint density at radius 1 is 1.40 bits per heavy atom. The van der Waals surface area contributed by atoms with Crippen LogP contribution in [0.25, 0.3) is 4.96 Å². The summed E-state index contributed by atoms with van der Waals surface area (Å²) in [5.41, 5.74) is 1.42. The molecule has 0 aliphatic rings. The Kier molecular flexibility index (Phi) is 5.35.